The number of carbonyl (C=O) groups is 1. The Morgan fingerprint density at radius 2 is 1.86 bits per heavy atom. The van der Waals surface area contributed by atoms with Gasteiger partial charge in [-0.3, -0.25) is 4.79 Å². The Labute approximate surface area is 170 Å². The van der Waals surface area contributed by atoms with Crippen LogP contribution in [0, 0.1) is 20.8 Å². The second kappa shape index (κ2) is 7.80. The van der Waals surface area contributed by atoms with Crippen LogP contribution < -0.4 is 9.64 Å². The fraction of sp³-hybridized carbons (Fsp3) is 0.292. The summed E-state index contributed by atoms with van der Waals surface area (Å²) in [6.07, 6.45) is 2.05. The van der Waals surface area contributed by atoms with Crippen molar-refractivity contribution in [3.63, 3.8) is 0 Å². The average molecular weight is 392 g/mol. The first kappa shape index (κ1) is 18.8. The number of carbonyl (C=O) groups excluding carboxylic acids is 1. The molecule has 0 saturated heterocycles. The predicted molar refractivity (Wildman–Crippen MR) is 116 cm³/mol. The van der Waals surface area contributed by atoms with Crippen LogP contribution in [0.15, 0.2) is 47.8 Å². The van der Waals surface area contributed by atoms with E-state index in [-0.39, 0.29) is 5.91 Å². The number of thiophene rings is 1. The third-order valence-electron chi connectivity index (χ3n) is 5.19. The summed E-state index contributed by atoms with van der Waals surface area (Å²) < 4.78 is 5.97. The van der Waals surface area contributed by atoms with E-state index in [1.807, 2.05) is 22.4 Å². The monoisotopic (exact) mass is 391 g/mol. The summed E-state index contributed by atoms with van der Waals surface area (Å²) in [5, 5.41) is 2.02. The van der Waals surface area contributed by atoms with E-state index in [4.69, 9.17) is 4.74 Å². The molecule has 3 aromatic rings. The zero-order valence-electron chi connectivity index (χ0n) is 16.6. The number of aryl methyl sites for hydroxylation is 4. The quantitative estimate of drug-likeness (QED) is 0.559. The molecule has 1 aromatic heterocycles. The van der Waals surface area contributed by atoms with Crippen molar-refractivity contribution in [2.75, 3.05) is 11.4 Å². The second-order valence-corrected chi connectivity index (χ2v) is 8.48. The topological polar surface area (TPSA) is 29.5 Å². The highest BCUT2D eigenvalue weighted by molar-refractivity contribution is 7.12. The smallest absolute Gasteiger partial charge is 0.268 e. The molecule has 1 amide bonds. The summed E-state index contributed by atoms with van der Waals surface area (Å²) in [4.78, 5) is 15.8. The maximum absolute atomic E-state index is 13.1. The van der Waals surface area contributed by atoms with Gasteiger partial charge in [-0.05, 0) is 68.3 Å². The third-order valence-corrected chi connectivity index (χ3v) is 6.16. The van der Waals surface area contributed by atoms with Gasteiger partial charge in [0.05, 0.1) is 4.88 Å². The van der Waals surface area contributed by atoms with Gasteiger partial charge >= 0.3 is 0 Å². The van der Waals surface area contributed by atoms with E-state index in [1.54, 1.807) is 0 Å². The van der Waals surface area contributed by atoms with Gasteiger partial charge in [-0.1, -0.05) is 35.4 Å². The van der Waals surface area contributed by atoms with Crippen LogP contribution in [0.2, 0.25) is 0 Å². The molecule has 4 heteroatoms. The molecule has 28 heavy (non-hydrogen) atoms. The van der Waals surface area contributed by atoms with Gasteiger partial charge in [0, 0.05) is 17.8 Å². The Hall–Kier alpha value is -2.59. The first-order valence-electron chi connectivity index (χ1n) is 9.70. The number of fused-ring (bicyclic) bond motifs is 1. The van der Waals surface area contributed by atoms with Crippen molar-refractivity contribution in [3.05, 3.63) is 80.5 Å². The molecule has 2 heterocycles. The molecule has 0 N–H and O–H groups in total. The van der Waals surface area contributed by atoms with Crippen molar-refractivity contribution in [2.24, 2.45) is 0 Å². The van der Waals surface area contributed by atoms with Crippen LogP contribution in [0.25, 0.3) is 0 Å². The van der Waals surface area contributed by atoms with Crippen molar-refractivity contribution < 1.29 is 9.53 Å². The molecule has 0 bridgehead atoms. The number of anilines is 1. The number of hydrogen-bond donors (Lipinski definition) is 0. The maximum Gasteiger partial charge on any atom is 0.268 e. The Balaban J connectivity index is 1.48. The van der Waals surface area contributed by atoms with Crippen molar-refractivity contribution in [1.29, 1.82) is 0 Å². The highest BCUT2D eigenvalue weighted by atomic mass is 32.1. The van der Waals surface area contributed by atoms with Crippen LogP contribution >= 0.6 is 11.3 Å². The lowest BCUT2D eigenvalue weighted by Crippen LogP contribution is -2.35. The lowest BCUT2D eigenvalue weighted by Gasteiger charge is -2.29. The minimum Gasteiger partial charge on any atom is -0.489 e. The summed E-state index contributed by atoms with van der Waals surface area (Å²) in [7, 11) is 0. The van der Waals surface area contributed by atoms with Gasteiger partial charge in [0.25, 0.3) is 5.91 Å². The van der Waals surface area contributed by atoms with Crippen LogP contribution in [0.4, 0.5) is 5.69 Å². The fourth-order valence-electron chi connectivity index (χ4n) is 3.76. The van der Waals surface area contributed by atoms with E-state index in [9.17, 15) is 4.79 Å². The molecule has 0 spiro atoms. The van der Waals surface area contributed by atoms with Gasteiger partial charge in [-0.15, -0.1) is 11.3 Å². The maximum atomic E-state index is 13.1. The van der Waals surface area contributed by atoms with Crippen molar-refractivity contribution >= 4 is 22.9 Å². The van der Waals surface area contributed by atoms with E-state index >= 15 is 0 Å². The second-order valence-electron chi connectivity index (χ2n) is 7.57. The molecular formula is C24H25NO2S. The number of rotatable bonds is 4. The van der Waals surface area contributed by atoms with Crippen LogP contribution in [-0.2, 0) is 13.0 Å². The highest BCUT2D eigenvalue weighted by Gasteiger charge is 2.24. The molecule has 0 saturated carbocycles. The Bertz CT molecular complexity index is 1020. The van der Waals surface area contributed by atoms with E-state index in [1.165, 1.54) is 28.0 Å². The summed E-state index contributed by atoms with van der Waals surface area (Å²) in [5.74, 6) is 0.984. The summed E-state index contributed by atoms with van der Waals surface area (Å²) in [5.41, 5.74) is 6.97. The van der Waals surface area contributed by atoms with Crippen molar-refractivity contribution in [1.82, 2.24) is 0 Å². The van der Waals surface area contributed by atoms with Gasteiger partial charge < -0.3 is 9.64 Å². The summed E-state index contributed by atoms with van der Waals surface area (Å²) >= 11 is 1.50. The Morgan fingerprint density at radius 3 is 2.68 bits per heavy atom. The number of hydrogen-bond acceptors (Lipinski definition) is 3. The van der Waals surface area contributed by atoms with Crippen LogP contribution in [0.1, 0.15) is 43.9 Å². The molecular weight excluding hydrogens is 366 g/mol. The van der Waals surface area contributed by atoms with E-state index in [0.717, 1.165) is 46.8 Å². The number of nitrogens with zero attached hydrogens (tertiary/aromatic N) is 1. The largest absolute Gasteiger partial charge is 0.489 e. The van der Waals surface area contributed by atoms with Crippen molar-refractivity contribution in [3.8, 4) is 5.75 Å². The van der Waals surface area contributed by atoms with Gasteiger partial charge in [0.15, 0.2) is 0 Å². The molecule has 0 atom stereocenters. The van der Waals surface area contributed by atoms with E-state index < -0.39 is 0 Å². The fourth-order valence-corrected chi connectivity index (χ4v) is 4.60. The zero-order valence-corrected chi connectivity index (χ0v) is 17.4. The first-order valence-corrected chi connectivity index (χ1v) is 10.6. The molecule has 0 fully saturated rings. The molecule has 1 aliphatic heterocycles. The predicted octanol–water partition coefficient (Wildman–Crippen LogP) is 5.85. The SMILES string of the molecule is Cc1ccc(OCc2csc(C(=O)N3CCCc4cc(C)ccc43)c2)c(C)c1. The molecule has 0 radical (unpaired) electrons. The number of ether oxygens (including phenoxy) is 1. The van der Waals surface area contributed by atoms with Crippen LogP contribution in [0.5, 0.6) is 5.75 Å². The van der Waals surface area contributed by atoms with Crippen LogP contribution in [0.3, 0.4) is 0 Å². The minimum atomic E-state index is 0.0903. The molecule has 4 rings (SSSR count). The van der Waals surface area contributed by atoms with Gasteiger partial charge in [0.2, 0.25) is 0 Å². The van der Waals surface area contributed by atoms with Gasteiger partial charge in [0.1, 0.15) is 12.4 Å². The first-order chi connectivity index (χ1) is 13.5. The van der Waals surface area contributed by atoms with Gasteiger partial charge in [-0.25, -0.2) is 0 Å². The minimum absolute atomic E-state index is 0.0903. The molecule has 0 unspecified atom stereocenters. The molecule has 3 nitrogen and oxygen atoms in total. The van der Waals surface area contributed by atoms with Crippen LogP contribution in [-0.4, -0.2) is 12.5 Å². The normalized spacial score (nSPS) is 13.3. The zero-order chi connectivity index (χ0) is 19.7. The van der Waals surface area contributed by atoms with Crippen molar-refractivity contribution in [2.45, 2.75) is 40.2 Å². The molecule has 1 aliphatic rings. The lowest BCUT2D eigenvalue weighted by molar-refractivity contribution is 0.0989. The Kier molecular flexibility index (Phi) is 5.23. The average Bonchev–Trinajstić information content (AvgIpc) is 3.15. The molecule has 144 valence electrons. The highest BCUT2D eigenvalue weighted by Crippen LogP contribution is 2.30. The molecule has 0 aliphatic carbocycles. The summed E-state index contributed by atoms with van der Waals surface area (Å²) in [6.45, 7) is 7.49. The number of benzene rings is 2. The molecule has 2 aromatic carbocycles. The van der Waals surface area contributed by atoms with Gasteiger partial charge in [-0.2, -0.15) is 0 Å². The summed E-state index contributed by atoms with van der Waals surface area (Å²) in [6, 6.07) is 14.5. The third kappa shape index (κ3) is 3.83. The van der Waals surface area contributed by atoms with E-state index in [0.29, 0.717) is 6.61 Å². The standard InChI is InChI=1S/C24H25NO2S/c1-16-7-9-22(18(3)11-16)27-14-19-13-23(28-15-19)24(26)25-10-4-5-20-12-17(2)6-8-21(20)25/h6-9,11-13,15H,4-5,10,14H2,1-3H3. The Morgan fingerprint density at radius 1 is 1.07 bits per heavy atom. The lowest BCUT2D eigenvalue weighted by atomic mass is 9.99. The number of amides is 1. The van der Waals surface area contributed by atoms with E-state index in [2.05, 4.69) is 51.1 Å².